The van der Waals surface area contributed by atoms with Crippen LogP contribution in [0.2, 0.25) is 19.6 Å². The molecule has 0 aliphatic rings. The molecular weight excluding hydrogens is 143 g/mol. The molecule has 0 saturated heterocycles. The first-order valence-corrected chi connectivity index (χ1v) is 8.76. The predicted molar refractivity (Wildman–Crippen MR) is 38.3 cm³/mol. The zero-order valence-electron chi connectivity index (χ0n) is 5.34. The molecule has 0 aliphatic carbocycles. The van der Waals surface area contributed by atoms with Gasteiger partial charge in [-0.25, -0.2) is 0 Å². The Morgan fingerprint density at radius 2 is 1.12 bits per heavy atom. The maximum atomic E-state index is 8.67. The maximum absolute atomic E-state index is 8.67. The Hall–Kier alpha value is 0.527. The van der Waals surface area contributed by atoms with Crippen LogP contribution in [0.5, 0.6) is 0 Å². The van der Waals surface area contributed by atoms with E-state index < -0.39 is 15.2 Å². The summed E-state index contributed by atoms with van der Waals surface area (Å²) in [6, 6.07) is 0. The van der Waals surface area contributed by atoms with Crippen LogP contribution in [0.3, 0.4) is 0 Å². The summed E-state index contributed by atoms with van der Waals surface area (Å²) in [7, 11) is -5.77. The quantitative estimate of drug-likeness (QED) is 0.378. The normalized spacial score (nSPS) is 16.2. The molecule has 3 nitrogen and oxygen atoms in total. The molecule has 0 aromatic rings. The minimum atomic E-state index is -3.72. The Morgan fingerprint density at radius 3 is 1.12 bits per heavy atom. The fourth-order valence-corrected chi connectivity index (χ4v) is 0. The van der Waals surface area contributed by atoms with Gasteiger partial charge >= 0.3 is 49.6 Å². The minimum absolute atomic E-state index is 1.72. The van der Waals surface area contributed by atoms with Crippen LogP contribution in [-0.2, 0) is 0 Å². The fraction of sp³-hybridized carbons (Fsp3) is 1.00. The van der Waals surface area contributed by atoms with Crippen LogP contribution < -0.4 is 0 Å². The Balaban J connectivity index is 4.02. The van der Waals surface area contributed by atoms with Crippen molar-refractivity contribution in [2.24, 2.45) is 0 Å². The molecule has 0 rings (SSSR count). The zero-order valence-corrected chi connectivity index (χ0v) is 7.34. The third kappa shape index (κ3) is 2.20. The van der Waals surface area contributed by atoms with Gasteiger partial charge in [-0.1, -0.05) is 0 Å². The summed E-state index contributed by atoms with van der Waals surface area (Å²) in [4.78, 5) is 26.0. The molecule has 0 bridgehead atoms. The van der Waals surface area contributed by atoms with E-state index >= 15 is 0 Å². The molecule has 0 aromatic carbocycles. The van der Waals surface area contributed by atoms with E-state index in [1.165, 1.54) is 0 Å². The van der Waals surface area contributed by atoms with Crippen LogP contribution in [0.4, 0.5) is 0 Å². The fourth-order valence-electron chi connectivity index (χ4n) is 0. The summed E-state index contributed by atoms with van der Waals surface area (Å²) >= 11 is 0. The van der Waals surface area contributed by atoms with Crippen LogP contribution in [0.15, 0.2) is 0 Å². The van der Waals surface area contributed by atoms with Crippen LogP contribution >= 0.6 is 7.49 Å². The molecule has 5 heteroatoms. The van der Waals surface area contributed by atoms with E-state index in [0.29, 0.717) is 0 Å². The number of rotatable bonds is 1. The van der Waals surface area contributed by atoms with Crippen molar-refractivity contribution < 1.29 is 14.7 Å². The average Bonchev–Trinajstić information content (AvgIpc) is 1.25. The van der Waals surface area contributed by atoms with Gasteiger partial charge in [0.2, 0.25) is 0 Å². The van der Waals surface area contributed by atoms with E-state index in [4.69, 9.17) is 14.7 Å². The monoisotopic (exact) mass is 156 g/mol. The van der Waals surface area contributed by atoms with Crippen molar-refractivity contribution in [2.75, 3.05) is 0 Å². The van der Waals surface area contributed by atoms with Crippen LogP contribution in [0, 0.1) is 0 Å². The molecule has 0 unspecified atom stereocenters. The van der Waals surface area contributed by atoms with Crippen molar-refractivity contribution >= 4 is 15.2 Å². The van der Waals surface area contributed by atoms with Crippen molar-refractivity contribution in [3.05, 3.63) is 0 Å². The van der Waals surface area contributed by atoms with Crippen molar-refractivity contribution in [2.45, 2.75) is 19.6 Å². The van der Waals surface area contributed by atoms with Crippen molar-refractivity contribution in [1.29, 1.82) is 0 Å². The Labute approximate surface area is 50.4 Å². The summed E-state index contributed by atoms with van der Waals surface area (Å²) < 4.78 is 0. The Bertz CT molecular complexity index is 69.5. The number of hydrogen-bond donors (Lipinski definition) is 3. The molecule has 0 radical (unpaired) electrons. The third-order valence-corrected chi connectivity index (χ3v) is 9.06. The molecule has 0 heterocycles. The molecular formula is C3H13O3PSi. The van der Waals surface area contributed by atoms with E-state index in [1.54, 1.807) is 19.6 Å². The van der Waals surface area contributed by atoms with E-state index in [-0.39, 0.29) is 0 Å². The van der Waals surface area contributed by atoms with E-state index in [9.17, 15) is 0 Å². The first-order chi connectivity index (χ1) is 3.25. The van der Waals surface area contributed by atoms with Gasteiger partial charge in [-0.3, -0.25) is 0 Å². The van der Waals surface area contributed by atoms with Gasteiger partial charge in [-0.2, -0.15) is 0 Å². The Morgan fingerprint density at radius 1 is 1.00 bits per heavy atom. The zero-order chi connectivity index (χ0) is 7.00. The standard InChI is InChI=1S/C3H13O3PSi/c1-8(2,3)7(4,5)6/h4-7H,1-3H3. The molecule has 0 saturated carbocycles. The van der Waals surface area contributed by atoms with Gasteiger partial charge in [0, 0.05) is 0 Å². The molecule has 52 valence electrons. The molecule has 0 amide bonds. The molecule has 0 spiro atoms. The van der Waals surface area contributed by atoms with Crippen LogP contribution in [0.1, 0.15) is 0 Å². The second-order valence-electron chi connectivity index (χ2n) is 2.89. The van der Waals surface area contributed by atoms with Gasteiger partial charge in [0.05, 0.1) is 0 Å². The van der Waals surface area contributed by atoms with Gasteiger partial charge in [0.25, 0.3) is 0 Å². The van der Waals surface area contributed by atoms with Crippen molar-refractivity contribution in [3.63, 3.8) is 0 Å². The summed E-state index contributed by atoms with van der Waals surface area (Å²) in [6.45, 7) is 5.16. The first-order valence-electron chi connectivity index (χ1n) is 2.42. The van der Waals surface area contributed by atoms with Gasteiger partial charge in [0.15, 0.2) is 0 Å². The summed E-state index contributed by atoms with van der Waals surface area (Å²) in [5, 5.41) is 0. The van der Waals surface area contributed by atoms with Crippen LogP contribution in [-0.4, -0.2) is 22.4 Å². The summed E-state index contributed by atoms with van der Waals surface area (Å²) in [6.07, 6.45) is 0. The molecule has 0 aliphatic heterocycles. The molecule has 0 fully saturated rings. The van der Waals surface area contributed by atoms with Crippen LogP contribution in [0.25, 0.3) is 0 Å². The summed E-state index contributed by atoms with van der Waals surface area (Å²) in [5.74, 6) is 0. The van der Waals surface area contributed by atoms with Gasteiger partial charge in [0.1, 0.15) is 0 Å². The van der Waals surface area contributed by atoms with Gasteiger partial charge in [-0.05, 0) is 0 Å². The van der Waals surface area contributed by atoms with Gasteiger partial charge < -0.3 is 0 Å². The van der Waals surface area contributed by atoms with Gasteiger partial charge in [-0.15, -0.1) is 0 Å². The first kappa shape index (κ1) is 8.53. The Kier molecular flexibility index (Phi) is 2.18. The SMILES string of the molecule is C[Si](C)(C)[PH](O)(O)O. The topological polar surface area (TPSA) is 60.7 Å². The second-order valence-corrected chi connectivity index (χ2v) is 15.2. The van der Waals surface area contributed by atoms with E-state index in [0.717, 1.165) is 0 Å². The molecule has 0 atom stereocenters. The average molecular weight is 156 g/mol. The molecule has 0 aromatic heterocycles. The summed E-state index contributed by atoms with van der Waals surface area (Å²) in [5.41, 5.74) is 0. The van der Waals surface area contributed by atoms with Crippen molar-refractivity contribution in [1.82, 2.24) is 0 Å². The van der Waals surface area contributed by atoms with E-state index in [2.05, 4.69) is 0 Å². The molecule has 3 N–H and O–H groups in total. The predicted octanol–water partition coefficient (Wildman–Crippen LogP) is 0.293. The number of hydrogen-bond acceptors (Lipinski definition) is 3. The third-order valence-electron chi connectivity index (χ3n) is 1.01. The van der Waals surface area contributed by atoms with Crippen molar-refractivity contribution in [3.8, 4) is 0 Å². The second kappa shape index (κ2) is 2.04. The molecule has 8 heavy (non-hydrogen) atoms. The van der Waals surface area contributed by atoms with E-state index in [1.807, 2.05) is 0 Å².